The number of anilines is 1. The van der Waals surface area contributed by atoms with Crippen LogP contribution in [0.3, 0.4) is 0 Å². The van der Waals surface area contributed by atoms with Gasteiger partial charge in [0.1, 0.15) is 5.75 Å². The van der Waals surface area contributed by atoms with E-state index in [2.05, 4.69) is 17.6 Å². The Morgan fingerprint density at radius 3 is 2.46 bits per heavy atom. The van der Waals surface area contributed by atoms with Crippen molar-refractivity contribution in [1.82, 2.24) is 5.32 Å². The van der Waals surface area contributed by atoms with E-state index >= 15 is 0 Å². The SMILES string of the molecule is CCNC(=O)c1ccc(NC(=O)COc2cccc(CC)c2)cc1. The summed E-state index contributed by atoms with van der Waals surface area (Å²) in [4.78, 5) is 23.6. The van der Waals surface area contributed by atoms with Gasteiger partial charge in [-0.2, -0.15) is 0 Å². The van der Waals surface area contributed by atoms with Gasteiger partial charge >= 0.3 is 0 Å². The first kappa shape index (κ1) is 17.5. The Morgan fingerprint density at radius 2 is 1.79 bits per heavy atom. The molecule has 126 valence electrons. The van der Waals surface area contributed by atoms with Crippen molar-refractivity contribution < 1.29 is 14.3 Å². The van der Waals surface area contributed by atoms with Crippen molar-refractivity contribution in [2.75, 3.05) is 18.5 Å². The highest BCUT2D eigenvalue weighted by Crippen LogP contribution is 2.14. The molecule has 2 aromatic rings. The maximum atomic E-state index is 11.9. The number of benzene rings is 2. The number of hydrogen-bond donors (Lipinski definition) is 2. The van der Waals surface area contributed by atoms with E-state index in [4.69, 9.17) is 4.74 Å². The summed E-state index contributed by atoms with van der Waals surface area (Å²) in [6, 6.07) is 14.4. The van der Waals surface area contributed by atoms with Crippen LogP contribution in [0.15, 0.2) is 48.5 Å². The van der Waals surface area contributed by atoms with Gasteiger partial charge in [0, 0.05) is 17.8 Å². The summed E-state index contributed by atoms with van der Waals surface area (Å²) >= 11 is 0. The predicted molar refractivity (Wildman–Crippen MR) is 94.4 cm³/mol. The van der Waals surface area contributed by atoms with E-state index in [9.17, 15) is 9.59 Å². The smallest absolute Gasteiger partial charge is 0.262 e. The average molecular weight is 326 g/mol. The summed E-state index contributed by atoms with van der Waals surface area (Å²) in [7, 11) is 0. The van der Waals surface area contributed by atoms with Crippen LogP contribution in [0.25, 0.3) is 0 Å². The third-order valence-corrected chi connectivity index (χ3v) is 3.44. The van der Waals surface area contributed by atoms with Gasteiger partial charge in [0.15, 0.2) is 6.61 Å². The normalized spacial score (nSPS) is 10.1. The summed E-state index contributed by atoms with van der Waals surface area (Å²) in [6.07, 6.45) is 0.918. The fourth-order valence-electron chi connectivity index (χ4n) is 2.17. The molecule has 0 aliphatic rings. The quantitative estimate of drug-likeness (QED) is 0.822. The Kier molecular flexibility index (Phi) is 6.37. The lowest BCUT2D eigenvalue weighted by Gasteiger charge is -2.09. The molecule has 0 bridgehead atoms. The van der Waals surface area contributed by atoms with Crippen LogP contribution in [0, 0.1) is 0 Å². The molecule has 0 fully saturated rings. The minimum absolute atomic E-state index is 0.0642. The molecule has 5 nitrogen and oxygen atoms in total. The minimum Gasteiger partial charge on any atom is -0.484 e. The van der Waals surface area contributed by atoms with Crippen LogP contribution in [0.2, 0.25) is 0 Å². The second-order valence-electron chi connectivity index (χ2n) is 5.27. The van der Waals surface area contributed by atoms with Crippen LogP contribution in [-0.2, 0) is 11.2 Å². The number of nitrogens with one attached hydrogen (secondary N) is 2. The Morgan fingerprint density at radius 1 is 1.04 bits per heavy atom. The van der Waals surface area contributed by atoms with Gasteiger partial charge in [-0.15, -0.1) is 0 Å². The molecule has 0 saturated heterocycles. The van der Waals surface area contributed by atoms with E-state index in [0.717, 1.165) is 12.0 Å². The highest BCUT2D eigenvalue weighted by Gasteiger charge is 2.06. The van der Waals surface area contributed by atoms with Gasteiger partial charge < -0.3 is 15.4 Å². The summed E-state index contributed by atoms with van der Waals surface area (Å²) in [5, 5.41) is 5.47. The van der Waals surface area contributed by atoms with Crippen LogP contribution in [0.5, 0.6) is 5.75 Å². The molecule has 2 aromatic carbocycles. The van der Waals surface area contributed by atoms with Crippen molar-refractivity contribution in [1.29, 1.82) is 0 Å². The molecule has 2 N–H and O–H groups in total. The van der Waals surface area contributed by atoms with Crippen LogP contribution >= 0.6 is 0 Å². The Labute approximate surface area is 142 Å². The number of carbonyl (C=O) groups excluding carboxylic acids is 2. The topological polar surface area (TPSA) is 67.4 Å². The van der Waals surface area contributed by atoms with E-state index < -0.39 is 0 Å². The summed E-state index contributed by atoms with van der Waals surface area (Å²) in [5.41, 5.74) is 2.34. The molecule has 0 spiro atoms. The van der Waals surface area contributed by atoms with Gasteiger partial charge in [-0.3, -0.25) is 9.59 Å². The van der Waals surface area contributed by atoms with E-state index in [0.29, 0.717) is 23.5 Å². The largest absolute Gasteiger partial charge is 0.484 e. The van der Waals surface area contributed by atoms with Gasteiger partial charge in [-0.05, 0) is 55.3 Å². The zero-order valence-corrected chi connectivity index (χ0v) is 14.0. The highest BCUT2D eigenvalue weighted by molar-refractivity contribution is 5.96. The Bertz CT molecular complexity index is 696. The number of amides is 2. The van der Waals surface area contributed by atoms with Crippen LogP contribution < -0.4 is 15.4 Å². The molecule has 0 atom stereocenters. The lowest BCUT2D eigenvalue weighted by Crippen LogP contribution is -2.23. The number of rotatable bonds is 7. The molecule has 0 unspecified atom stereocenters. The van der Waals surface area contributed by atoms with Gasteiger partial charge in [0.2, 0.25) is 0 Å². The molecular weight excluding hydrogens is 304 g/mol. The average Bonchev–Trinajstić information content (AvgIpc) is 2.61. The zero-order valence-electron chi connectivity index (χ0n) is 14.0. The number of hydrogen-bond acceptors (Lipinski definition) is 3. The molecule has 0 aromatic heterocycles. The molecule has 24 heavy (non-hydrogen) atoms. The number of aryl methyl sites for hydroxylation is 1. The fraction of sp³-hybridized carbons (Fsp3) is 0.263. The first-order valence-corrected chi connectivity index (χ1v) is 8.02. The van der Waals surface area contributed by atoms with E-state index in [1.165, 1.54) is 0 Å². The second-order valence-corrected chi connectivity index (χ2v) is 5.27. The Hall–Kier alpha value is -2.82. The maximum absolute atomic E-state index is 11.9. The van der Waals surface area contributed by atoms with Gasteiger partial charge in [0.05, 0.1) is 0 Å². The van der Waals surface area contributed by atoms with Crippen molar-refractivity contribution in [2.45, 2.75) is 20.3 Å². The van der Waals surface area contributed by atoms with Crippen molar-refractivity contribution in [3.63, 3.8) is 0 Å². The standard InChI is InChI=1S/C19H22N2O3/c1-3-14-6-5-7-17(12-14)24-13-18(22)21-16-10-8-15(9-11-16)19(23)20-4-2/h5-12H,3-4,13H2,1-2H3,(H,20,23)(H,21,22). The monoisotopic (exact) mass is 326 g/mol. The second kappa shape index (κ2) is 8.72. The fourth-order valence-corrected chi connectivity index (χ4v) is 2.17. The van der Waals surface area contributed by atoms with Crippen LogP contribution in [-0.4, -0.2) is 25.0 Å². The van der Waals surface area contributed by atoms with E-state index in [1.807, 2.05) is 31.2 Å². The number of carbonyl (C=O) groups is 2. The maximum Gasteiger partial charge on any atom is 0.262 e. The van der Waals surface area contributed by atoms with Crippen molar-refractivity contribution in [3.05, 3.63) is 59.7 Å². The van der Waals surface area contributed by atoms with Crippen molar-refractivity contribution in [2.24, 2.45) is 0 Å². The number of ether oxygens (including phenoxy) is 1. The van der Waals surface area contributed by atoms with Crippen molar-refractivity contribution in [3.8, 4) is 5.75 Å². The summed E-state index contributed by atoms with van der Waals surface area (Å²) < 4.78 is 5.50. The van der Waals surface area contributed by atoms with Gasteiger partial charge in [0.25, 0.3) is 11.8 Å². The van der Waals surface area contributed by atoms with Crippen molar-refractivity contribution >= 4 is 17.5 Å². The molecule has 0 saturated carbocycles. The molecule has 0 heterocycles. The molecular formula is C19H22N2O3. The molecule has 5 heteroatoms. The molecule has 0 radical (unpaired) electrons. The van der Waals surface area contributed by atoms with E-state index in [-0.39, 0.29) is 18.4 Å². The van der Waals surface area contributed by atoms with Gasteiger partial charge in [-0.25, -0.2) is 0 Å². The van der Waals surface area contributed by atoms with Crippen LogP contribution in [0.1, 0.15) is 29.8 Å². The molecule has 0 aliphatic heterocycles. The summed E-state index contributed by atoms with van der Waals surface area (Å²) in [6.45, 7) is 4.44. The molecule has 2 amide bonds. The third-order valence-electron chi connectivity index (χ3n) is 3.44. The van der Waals surface area contributed by atoms with Crippen LogP contribution in [0.4, 0.5) is 5.69 Å². The zero-order chi connectivity index (χ0) is 17.4. The Balaban J connectivity index is 1.86. The molecule has 2 rings (SSSR count). The van der Waals surface area contributed by atoms with E-state index in [1.54, 1.807) is 24.3 Å². The van der Waals surface area contributed by atoms with Gasteiger partial charge in [-0.1, -0.05) is 19.1 Å². The predicted octanol–water partition coefficient (Wildman–Crippen LogP) is 3.02. The lowest BCUT2D eigenvalue weighted by atomic mass is 10.2. The first-order valence-electron chi connectivity index (χ1n) is 8.02. The lowest BCUT2D eigenvalue weighted by molar-refractivity contribution is -0.118. The highest BCUT2D eigenvalue weighted by atomic mass is 16.5. The summed E-state index contributed by atoms with van der Waals surface area (Å²) in [5.74, 6) is 0.299. The third kappa shape index (κ3) is 5.12. The molecule has 0 aliphatic carbocycles. The minimum atomic E-state index is -0.248. The first-order chi connectivity index (χ1) is 11.6.